The molecule has 2 aromatic carbocycles. The Morgan fingerprint density at radius 1 is 1.04 bits per heavy atom. The zero-order valence-electron chi connectivity index (χ0n) is 14.6. The SMILES string of the molecule is O=C(Nc1ccc(O)cn1)C(NCCc1ccc(Cl)cc1)c1ccccc1. The summed E-state index contributed by atoms with van der Waals surface area (Å²) >= 11 is 5.91. The molecule has 0 aliphatic carbocycles. The lowest BCUT2D eigenvalue weighted by Gasteiger charge is -2.19. The number of nitrogens with zero attached hydrogens (tertiary/aromatic N) is 1. The molecule has 27 heavy (non-hydrogen) atoms. The second-order valence-corrected chi connectivity index (χ2v) is 6.50. The van der Waals surface area contributed by atoms with Crippen molar-refractivity contribution in [2.45, 2.75) is 12.5 Å². The van der Waals surface area contributed by atoms with Gasteiger partial charge in [0.2, 0.25) is 5.91 Å². The number of aromatic nitrogens is 1. The Morgan fingerprint density at radius 2 is 1.78 bits per heavy atom. The van der Waals surface area contributed by atoms with Gasteiger partial charge in [0.25, 0.3) is 0 Å². The van der Waals surface area contributed by atoms with Crippen LogP contribution in [0, 0.1) is 0 Å². The van der Waals surface area contributed by atoms with E-state index in [1.807, 2.05) is 54.6 Å². The summed E-state index contributed by atoms with van der Waals surface area (Å²) < 4.78 is 0. The molecule has 0 saturated heterocycles. The first-order valence-corrected chi connectivity index (χ1v) is 8.98. The third-order valence-electron chi connectivity index (χ3n) is 4.07. The number of aromatic hydroxyl groups is 1. The monoisotopic (exact) mass is 381 g/mol. The number of rotatable bonds is 7. The lowest BCUT2D eigenvalue weighted by atomic mass is 10.1. The number of anilines is 1. The van der Waals surface area contributed by atoms with Gasteiger partial charge in [-0.25, -0.2) is 4.98 Å². The number of amides is 1. The van der Waals surface area contributed by atoms with Crippen LogP contribution in [0.25, 0.3) is 0 Å². The third-order valence-corrected chi connectivity index (χ3v) is 4.32. The van der Waals surface area contributed by atoms with Gasteiger partial charge in [0, 0.05) is 11.6 Å². The van der Waals surface area contributed by atoms with Crippen LogP contribution in [0.5, 0.6) is 5.75 Å². The van der Waals surface area contributed by atoms with Crippen molar-refractivity contribution in [2.24, 2.45) is 0 Å². The van der Waals surface area contributed by atoms with Gasteiger partial charge in [-0.3, -0.25) is 4.79 Å². The molecular weight excluding hydrogens is 362 g/mol. The zero-order chi connectivity index (χ0) is 19.1. The maximum absolute atomic E-state index is 12.8. The van der Waals surface area contributed by atoms with E-state index in [9.17, 15) is 9.90 Å². The van der Waals surface area contributed by atoms with Crippen molar-refractivity contribution in [3.63, 3.8) is 0 Å². The molecule has 1 atom stereocenters. The molecule has 5 nitrogen and oxygen atoms in total. The number of carbonyl (C=O) groups is 1. The van der Waals surface area contributed by atoms with Crippen LogP contribution < -0.4 is 10.6 Å². The predicted molar refractivity (Wildman–Crippen MR) is 107 cm³/mol. The summed E-state index contributed by atoms with van der Waals surface area (Å²) in [6, 6.07) is 19.7. The second-order valence-electron chi connectivity index (χ2n) is 6.07. The van der Waals surface area contributed by atoms with E-state index in [0.717, 1.165) is 17.5 Å². The smallest absolute Gasteiger partial charge is 0.247 e. The molecule has 0 spiro atoms. The molecule has 1 amide bonds. The second kappa shape index (κ2) is 9.16. The summed E-state index contributed by atoms with van der Waals surface area (Å²) in [4.78, 5) is 16.8. The molecule has 0 aliphatic heterocycles. The first-order chi connectivity index (χ1) is 13.1. The summed E-state index contributed by atoms with van der Waals surface area (Å²) in [5.74, 6) is 0.224. The van der Waals surface area contributed by atoms with Gasteiger partial charge in [-0.1, -0.05) is 54.1 Å². The Hall–Kier alpha value is -2.89. The van der Waals surface area contributed by atoms with Crippen LogP contribution >= 0.6 is 11.6 Å². The first kappa shape index (κ1) is 18.9. The number of pyridine rings is 1. The maximum atomic E-state index is 12.8. The van der Waals surface area contributed by atoms with E-state index < -0.39 is 6.04 Å². The van der Waals surface area contributed by atoms with Crippen LogP contribution in [0.4, 0.5) is 5.82 Å². The Kier molecular flexibility index (Phi) is 6.41. The number of nitrogens with one attached hydrogen (secondary N) is 2. The van der Waals surface area contributed by atoms with Gasteiger partial charge in [0.15, 0.2) is 0 Å². The zero-order valence-corrected chi connectivity index (χ0v) is 15.4. The number of benzene rings is 2. The summed E-state index contributed by atoms with van der Waals surface area (Å²) in [6.45, 7) is 0.623. The molecule has 138 valence electrons. The molecule has 0 aliphatic rings. The van der Waals surface area contributed by atoms with Gasteiger partial charge < -0.3 is 15.7 Å². The molecule has 1 unspecified atom stereocenters. The molecule has 0 fully saturated rings. The van der Waals surface area contributed by atoms with E-state index in [-0.39, 0.29) is 11.7 Å². The fourth-order valence-corrected chi connectivity index (χ4v) is 2.80. The Labute approximate surface area is 163 Å². The van der Waals surface area contributed by atoms with E-state index >= 15 is 0 Å². The van der Waals surface area contributed by atoms with E-state index in [1.165, 1.54) is 12.3 Å². The highest BCUT2D eigenvalue weighted by atomic mass is 35.5. The topological polar surface area (TPSA) is 74.2 Å². The van der Waals surface area contributed by atoms with E-state index in [2.05, 4.69) is 15.6 Å². The van der Waals surface area contributed by atoms with Crippen molar-refractivity contribution in [2.75, 3.05) is 11.9 Å². The highest BCUT2D eigenvalue weighted by Gasteiger charge is 2.20. The molecule has 3 aromatic rings. The van der Waals surface area contributed by atoms with Crippen molar-refractivity contribution in [1.29, 1.82) is 0 Å². The fraction of sp³-hybridized carbons (Fsp3) is 0.143. The van der Waals surface area contributed by atoms with Gasteiger partial charge in [-0.15, -0.1) is 0 Å². The van der Waals surface area contributed by atoms with Crippen LogP contribution in [-0.4, -0.2) is 22.5 Å². The van der Waals surface area contributed by atoms with Gasteiger partial charge >= 0.3 is 0 Å². The largest absolute Gasteiger partial charge is 0.506 e. The molecule has 3 N–H and O–H groups in total. The quantitative estimate of drug-likeness (QED) is 0.579. The lowest BCUT2D eigenvalue weighted by molar-refractivity contribution is -0.118. The van der Waals surface area contributed by atoms with Crippen LogP contribution in [0.3, 0.4) is 0 Å². The molecule has 1 aromatic heterocycles. The highest BCUT2D eigenvalue weighted by molar-refractivity contribution is 6.30. The fourth-order valence-electron chi connectivity index (χ4n) is 2.68. The minimum absolute atomic E-state index is 0.0497. The van der Waals surface area contributed by atoms with E-state index in [0.29, 0.717) is 17.4 Å². The summed E-state index contributed by atoms with van der Waals surface area (Å²) in [6.07, 6.45) is 2.06. The first-order valence-electron chi connectivity index (χ1n) is 8.60. The minimum Gasteiger partial charge on any atom is -0.506 e. The maximum Gasteiger partial charge on any atom is 0.247 e. The Balaban J connectivity index is 1.67. The van der Waals surface area contributed by atoms with Crippen LogP contribution in [-0.2, 0) is 11.2 Å². The van der Waals surface area contributed by atoms with E-state index in [4.69, 9.17) is 11.6 Å². The van der Waals surface area contributed by atoms with Crippen molar-refractivity contribution in [1.82, 2.24) is 10.3 Å². The molecule has 0 saturated carbocycles. The molecule has 0 radical (unpaired) electrons. The van der Waals surface area contributed by atoms with Crippen molar-refractivity contribution >= 4 is 23.3 Å². The molecule has 1 heterocycles. The van der Waals surface area contributed by atoms with Gasteiger partial charge in [-0.05, 0) is 41.8 Å². The van der Waals surface area contributed by atoms with Gasteiger partial charge in [0.05, 0.1) is 6.20 Å². The summed E-state index contributed by atoms with van der Waals surface area (Å²) in [5.41, 5.74) is 2.00. The van der Waals surface area contributed by atoms with Crippen molar-refractivity contribution in [3.8, 4) is 5.75 Å². The standard InChI is InChI=1S/C21H20ClN3O2/c22-17-8-6-15(7-9-17)12-13-23-20(16-4-2-1-3-5-16)21(27)25-19-11-10-18(26)14-24-19/h1-11,14,20,23,26H,12-13H2,(H,24,25,27). The Morgan fingerprint density at radius 3 is 2.44 bits per heavy atom. The normalized spacial score (nSPS) is 11.7. The number of hydrogen-bond donors (Lipinski definition) is 3. The average Bonchev–Trinajstić information content (AvgIpc) is 2.69. The summed E-state index contributed by atoms with van der Waals surface area (Å²) in [7, 11) is 0. The number of carbonyl (C=O) groups excluding carboxylic acids is 1. The lowest BCUT2D eigenvalue weighted by Crippen LogP contribution is -2.34. The Bertz CT molecular complexity index is 868. The van der Waals surface area contributed by atoms with Crippen LogP contribution in [0.2, 0.25) is 5.02 Å². The number of hydrogen-bond acceptors (Lipinski definition) is 4. The van der Waals surface area contributed by atoms with E-state index in [1.54, 1.807) is 6.07 Å². The molecule has 0 bridgehead atoms. The number of halogens is 1. The summed E-state index contributed by atoms with van der Waals surface area (Å²) in [5, 5.41) is 16.1. The third kappa shape index (κ3) is 5.54. The van der Waals surface area contributed by atoms with Crippen LogP contribution in [0.15, 0.2) is 72.9 Å². The van der Waals surface area contributed by atoms with Gasteiger partial charge in [-0.2, -0.15) is 0 Å². The average molecular weight is 382 g/mol. The molecular formula is C21H20ClN3O2. The van der Waals surface area contributed by atoms with Gasteiger partial charge in [0.1, 0.15) is 17.6 Å². The molecule has 6 heteroatoms. The molecule has 3 rings (SSSR count). The van der Waals surface area contributed by atoms with Crippen molar-refractivity contribution in [3.05, 3.63) is 89.1 Å². The van der Waals surface area contributed by atoms with Crippen molar-refractivity contribution < 1.29 is 9.90 Å². The predicted octanol–water partition coefficient (Wildman–Crippen LogP) is 3.95. The minimum atomic E-state index is -0.519. The highest BCUT2D eigenvalue weighted by Crippen LogP contribution is 2.17. The van der Waals surface area contributed by atoms with Crippen LogP contribution in [0.1, 0.15) is 17.2 Å².